The molecule has 0 aromatic rings. The van der Waals surface area contributed by atoms with Crippen LogP contribution in [0.3, 0.4) is 0 Å². The fourth-order valence-electron chi connectivity index (χ4n) is 4.19. The van der Waals surface area contributed by atoms with Gasteiger partial charge in [-0.1, -0.05) is 31.9 Å². The number of carbonyl (C=O) groups is 1. The highest BCUT2D eigenvalue weighted by molar-refractivity contribution is 9.25. The molecule has 4 aliphatic carbocycles. The summed E-state index contributed by atoms with van der Waals surface area (Å²) in [5.74, 6) is 1.43. The van der Waals surface area contributed by atoms with Crippen LogP contribution in [0, 0.1) is 29.6 Å². The van der Waals surface area contributed by atoms with E-state index in [-0.39, 0.29) is 15.1 Å². The molecule has 4 fully saturated rings. The molecular weight excluding hydrogens is 324 g/mol. The second-order valence-corrected chi connectivity index (χ2v) is 9.10. The van der Waals surface area contributed by atoms with Crippen LogP contribution in [0.1, 0.15) is 25.7 Å². The number of alkyl halides is 2. The van der Waals surface area contributed by atoms with Crippen molar-refractivity contribution in [2.24, 2.45) is 29.6 Å². The van der Waals surface area contributed by atoms with Gasteiger partial charge in [-0.3, -0.25) is 4.79 Å². The third-order valence-electron chi connectivity index (χ3n) is 4.69. The predicted molar refractivity (Wildman–Crippen MR) is 64.1 cm³/mol. The van der Waals surface area contributed by atoms with E-state index in [0.29, 0.717) is 11.8 Å². The zero-order valence-electron chi connectivity index (χ0n) is 8.33. The second kappa shape index (κ2) is 3.22. The van der Waals surface area contributed by atoms with Crippen LogP contribution in [0.5, 0.6) is 0 Å². The molecule has 0 aromatic carbocycles. The van der Waals surface area contributed by atoms with Gasteiger partial charge in [0.05, 0.1) is 9.15 Å². The Balaban J connectivity index is 1.99. The monoisotopic (exact) mass is 336 g/mol. The maximum absolute atomic E-state index is 11.3. The van der Waals surface area contributed by atoms with Crippen LogP contribution in [0.2, 0.25) is 0 Å². The molecule has 2 nitrogen and oxygen atoms in total. The first-order chi connectivity index (χ1) is 7.00. The first-order valence-electron chi connectivity index (χ1n) is 5.60. The Hall–Kier alpha value is 0.430. The third kappa shape index (κ3) is 1.36. The minimum absolute atomic E-state index is 0.101. The SMILES string of the molecule is O=C(O)C1C2CC3CC(C2)C(Br)(Br)C1C3. The van der Waals surface area contributed by atoms with Crippen LogP contribution in [0.4, 0.5) is 0 Å². The van der Waals surface area contributed by atoms with Crippen LogP contribution in [-0.4, -0.2) is 14.3 Å². The van der Waals surface area contributed by atoms with E-state index < -0.39 is 5.97 Å². The lowest BCUT2D eigenvalue weighted by Gasteiger charge is -2.59. The summed E-state index contributed by atoms with van der Waals surface area (Å²) in [6, 6.07) is 0. The smallest absolute Gasteiger partial charge is 0.307 e. The molecule has 0 heterocycles. The second-order valence-electron chi connectivity index (χ2n) is 5.41. The van der Waals surface area contributed by atoms with Gasteiger partial charge in [0.15, 0.2) is 0 Å². The maximum atomic E-state index is 11.3. The van der Waals surface area contributed by atoms with Crippen molar-refractivity contribution >= 4 is 37.8 Å². The first kappa shape index (κ1) is 10.6. The van der Waals surface area contributed by atoms with Gasteiger partial charge < -0.3 is 5.11 Å². The summed E-state index contributed by atoms with van der Waals surface area (Å²) >= 11 is 7.49. The molecule has 0 aliphatic heterocycles. The van der Waals surface area contributed by atoms with Gasteiger partial charge >= 0.3 is 5.97 Å². The van der Waals surface area contributed by atoms with Crippen molar-refractivity contribution in [3.05, 3.63) is 0 Å². The molecule has 4 heteroatoms. The maximum Gasteiger partial charge on any atom is 0.307 e. The van der Waals surface area contributed by atoms with Gasteiger partial charge in [-0.15, -0.1) is 0 Å². The van der Waals surface area contributed by atoms with E-state index in [1.807, 2.05) is 0 Å². The van der Waals surface area contributed by atoms with Crippen molar-refractivity contribution in [3.63, 3.8) is 0 Å². The Morgan fingerprint density at radius 2 is 1.93 bits per heavy atom. The lowest BCUT2D eigenvalue weighted by molar-refractivity contribution is -0.155. The fourth-order valence-corrected chi connectivity index (χ4v) is 5.88. The molecule has 0 radical (unpaired) electrons. The zero-order valence-corrected chi connectivity index (χ0v) is 11.5. The Morgan fingerprint density at radius 1 is 1.20 bits per heavy atom. The summed E-state index contributed by atoms with van der Waals surface area (Å²) in [5, 5.41) is 9.34. The van der Waals surface area contributed by atoms with Crippen molar-refractivity contribution in [3.8, 4) is 0 Å². The molecule has 4 saturated carbocycles. The van der Waals surface area contributed by atoms with E-state index in [0.717, 1.165) is 25.2 Å². The number of hydrogen-bond donors (Lipinski definition) is 1. The quantitative estimate of drug-likeness (QED) is 0.746. The van der Waals surface area contributed by atoms with Crippen LogP contribution in [-0.2, 0) is 4.79 Å². The first-order valence-corrected chi connectivity index (χ1v) is 7.19. The van der Waals surface area contributed by atoms with Crippen LogP contribution in [0.25, 0.3) is 0 Å². The van der Waals surface area contributed by atoms with E-state index in [1.54, 1.807) is 0 Å². The molecule has 0 aromatic heterocycles. The zero-order chi connectivity index (χ0) is 10.8. The molecule has 4 bridgehead atoms. The summed E-state index contributed by atoms with van der Waals surface area (Å²) in [5.41, 5.74) is 0. The van der Waals surface area contributed by atoms with E-state index >= 15 is 0 Å². The summed E-state index contributed by atoms with van der Waals surface area (Å²) in [6.07, 6.45) is 4.59. The normalized spacial score (nSPS) is 50.7. The topological polar surface area (TPSA) is 37.3 Å². The Kier molecular flexibility index (Phi) is 2.27. The predicted octanol–water partition coefficient (Wildman–Crippen LogP) is 3.24. The summed E-state index contributed by atoms with van der Waals surface area (Å²) in [4.78, 5) is 11.3. The molecule has 0 spiro atoms. The summed E-state index contributed by atoms with van der Waals surface area (Å²) in [7, 11) is 0. The number of hydrogen-bond acceptors (Lipinski definition) is 1. The largest absolute Gasteiger partial charge is 0.481 e. The number of carboxylic acid groups (broad SMARTS) is 1. The molecule has 84 valence electrons. The van der Waals surface area contributed by atoms with Gasteiger partial charge in [-0.25, -0.2) is 0 Å². The molecule has 0 amide bonds. The molecule has 15 heavy (non-hydrogen) atoms. The van der Waals surface area contributed by atoms with Gasteiger partial charge in [-0.05, 0) is 49.4 Å². The Bertz CT molecular complexity index is 316. The average molecular weight is 338 g/mol. The van der Waals surface area contributed by atoms with Crippen molar-refractivity contribution in [1.29, 1.82) is 0 Å². The third-order valence-corrected chi connectivity index (χ3v) is 7.16. The minimum atomic E-state index is -0.591. The van der Waals surface area contributed by atoms with E-state index in [1.165, 1.54) is 6.42 Å². The molecular formula is C11H14Br2O2. The number of halogens is 2. The Morgan fingerprint density at radius 3 is 2.60 bits per heavy atom. The number of aliphatic carboxylic acids is 1. The lowest BCUT2D eigenvalue weighted by Crippen LogP contribution is -2.57. The van der Waals surface area contributed by atoms with E-state index in [4.69, 9.17) is 0 Å². The highest BCUT2D eigenvalue weighted by Crippen LogP contribution is 2.65. The van der Waals surface area contributed by atoms with Crippen LogP contribution >= 0.6 is 31.9 Å². The standard InChI is InChI=1S/C11H14Br2O2/c12-11(13)7-2-5-1-6(4-7)9(10(14)15)8(11)3-5/h5-9H,1-4H2,(H,14,15). The average Bonchev–Trinajstić information content (AvgIpc) is 2.13. The summed E-state index contributed by atoms with van der Waals surface area (Å²) < 4.78 is -0.101. The van der Waals surface area contributed by atoms with Gasteiger partial charge in [0, 0.05) is 0 Å². The van der Waals surface area contributed by atoms with Crippen molar-refractivity contribution in [1.82, 2.24) is 0 Å². The number of rotatable bonds is 1. The molecule has 0 saturated heterocycles. The van der Waals surface area contributed by atoms with Crippen LogP contribution in [0.15, 0.2) is 0 Å². The molecule has 5 atom stereocenters. The molecule has 4 rings (SSSR count). The van der Waals surface area contributed by atoms with E-state index in [2.05, 4.69) is 31.9 Å². The van der Waals surface area contributed by atoms with Gasteiger partial charge in [0.2, 0.25) is 0 Å². The van der Waals surface area contributed by atoms with Crippen molar-refractivity contribution in [2.75, 3.05) is 0 Å². The van der Waals surface area contributed by atoms with Gasteiger partial charge in [0.1, 0.15) is 0 Å². The molecule has 4 aliphatic rings. The molecule has 1 N–H and O–H groups in total. The minimum Gasteiger partial charge on any atom is -0.481 e. The van der Waals surface area contributed by atoms with Crippen molar-refractivity contribution < 1.29 is 9.90 Å². The highest BCUT2D eigenvalue weighted by Gasteiger charge is 2.61. The highest BCUT2D eigenvalue weighted by atomic mass is 79.9. The van der Waals surface area contributed by atoms with E-state index in [9.17, 15) is 9.90 Å². The molecule has 5 unspecified atom stereocenters. The fraction of sp³-hybridized carbons (Fsp3) is 0.909. The van der Waals surface area contributed by atoms with Gasteiger partial charge in [0.25, 0.3) is 0 Å². The van der Waals surface area contributed by atoms with Crippen molar-refractivity contribution in [2.45, 2.75) is 28.9 Å². The van der Waals surface area contributed by atoms with Gasteiger partial charge in [-0.2, -0.15) is 0 Å². The summed E-state index contributed by atoms with van der Waals surface area (Å²) in [6.45, 7) is 0. The lowest BCUT2D eigenvalue weighted by atomic mass is 9.52. The number of carboxylic acids is 1. The van der Waals surface area contributed by atoms with Crippen LogP contribution < -0.4 is 0 Å². The Labute approximate surface area is 106 Å².